The first-order valence-electron chi connectivity index (χ1n) is 3.49. The van der Waals surface area contributed by atoms with Gasteiger partial charge >= 0.3 is 0 Å². The van der Waals surface area contributed by atoms with Gasteiger partial charge in [0.2, 0.25) is 0 Å². The molecule has 0 radical (unpaired) electrons. The molecule has 0 saturated carbocycles. The second-order valence-electron chi connectivity index (χ2n) is 2.84. The highest BCUT2D eigenvalue weighted by atomic mass is 14.9. The van der Waals surface area contributed by atoms with Crippen molar-refractivity contribution in [1.82, 2.24) is 5.32 Å². The summed E-state index contributed by atoms with van der Waals surface area (Å²) in [6, 6.07) is 0.598. The third-order valence-corrected chi connectivity index (χ3v) is 1.04. The van der Waals surface area contributed by atoms with E-state index < -0.39 is 0 Å². The number of hydrogen-bond donors (Lipinski definition) is 1. The normalized spacial score (nSPS) is 9.89. The van der Waals surface area contributed by atoms with E-state index in [0.29, 0.717) is 6.04 Å². The molecule has 0 aromatic carbocycles. The van der Waals surface area contributed by atoms with Crippen LogP contribution < -0.4 is 5.32 Å². The Morgan fingerprint density at radius 3 is 2.44 bits per heavy atom. The zero-order chi connectivity index (χ0) is 7.28. The van der Waals surface area contributed by atoms with E-state index in [9.17, 15) is 0 Å². The monoisotopic (exact) mass is 129 g/mol. The number of nitrogens with one attached hydrogen (secondary N) is 1. The molecule has 1 nitrogen and oxygen atoms in total. The van der Waals surface area contributed by atoms with Gasteiger partial charge in [-0.25, -0.2) is 0 Å². The molecule has 0 heterocycles. The molecule has 0 aromatic rings. The van der Waals surface area contributed by atoms with Crippen molar-refractivity contribution >= 4 is 0 Å². The third kappa shape index (κ3) is 7.70. The summed E-state index contributed by atoms with van der Waals surface area (Å²) in [6.45, 7) is 9.53. The Hall–Kier alpha value is -0.300. The maximum Gasteiger partial charge on any atom is 0.0139 e. The summed E-state index contributed by atoms with van der Waals surface area (Å²) < 4.78 is 0. The van der Waals surface area contributed by atoms with Gasteiger partial charge in [0.05, 0.1) is 0 Å². The van der Waals surface area contributed by atoms with Crippen molar-refractivity contribution in [3.63, 3.8) is 0 Å². The van der Waals surface area contributed by atoms with Gasteiger partial charge in [-0.05, 0) is 13.8 Å². The Morgan fingerprint density at radius 2 is 2.11 bits per heavy atom. The highest BCUT2D eigenvalue weighted by molar-refractivity contribution is 4.94. The summed E-state index contributed by atoms with van der Waals surface area (Å²) in [4.78, 5) is 0. The van der Waals surface area contributed by atoms with Crippen molar-refractivity contribution in [2.45, 2.75) is 33.7 Å². The highest BCUT2D eigenvalue weighted by Crippen LogP contribution is 1.85. The SMILES string of the molecule is CC(C)=CCNC(C)C.[HH]. The molecule has 0 aliphatic carbocycles. The molecule has 0 bridgehead atoms. The lowest BCUT2D eigenvalue weighted by molar-refractivity contribution is 0.631. The number of rotatable bonds is 3. The molecule has 1 N–H and O–H groups in total. The largest absolute Gasteiger partial charge is 0.311 e. The van der Waals surface area contributed by atoms with E-state index in [4.69, 9.17) is 0 Å². The number of hydrogen-bond acceptors (Lipinski definition) is 1. The molecular weight excluding hydrogens is 110 g/mol. The van der Waals surface area contributed by atoms with Crippen LogP contribution in [0.4, 0.5) is 0 Å². The minimum absolute atomic E-state index is 0. The molecule has 0 unspecified atom stereocenters. The van der Waals surface area contributed by atoms with Gasteiger partial charge in [0.1, 0.15) is 0 Å². The minimum atomic E-state index is 0. The Balaban J connectivity index is 0. The molecule has 56 valence electrons. The zero-order valence-corrected chi connectivity index (χ0v) is 6.86. The lowest BCUT2D eigenvalue weighted by Gasteiger charge is -2.03. The van der Waals surface area contributed by atoms with Crippen LogP contribution in [0.2, 0.25) is 0 Å². The predicted octanol–water partition coefficient (Wildman–Crippen LogP) is 2.20. The van der Waals surface area contributed by atoms with Crippen LogP contribution >= 0.6 is 0 Å². The highest BCUT2D eigenvalue weighted by Gasteiger charge is 1.86. The third-order valence-electron chi connectivity index (χ3n) is 1.04. The Kier molecular flexibility index (Phi) is 4.41. The quantitative estimate of drug-likeness (QED) is 0.576. The fourth-order valence-electron chi connectivity index (χ4n) is 0.499. The standard InChI is InChI=1S/C8H17N.H2/c1-7(2)5-6-9-8(3)4;/h5,8-9H,6H2,1-4H3;1H. The summed E-state index contributed by atoms with van der Waals surface area (Å²) in [5, 5.41) is 3.30. The van der Waals surface area contributed by atoms with Gasteiger partial charge < -0.3 is 5.32 Å². The van der Waals surface area contributed by atoms with Crippen LogP contribution in [0.3, 0.4) is 0 Å². The van der Waals surface area contributed by atoms with Crippen molar-refractivity contribution in [1.29, 1.82) is 0 Å². The first-order chi connectivity index (χ1) is 4.13. The summed E-state index contributed by atoms with van der Waals surface area (Å²) in [7, 11) is 0. The van der Waals surface area contributed by atoms with E-state index in [0.717, 1.165) is 6.54 Å². The fraction of sp³-hybridized carbons (Fsp3) is 0.750. The van der Waals surface area contributed by atoms with Crippen molar-refractivity contribution in [2.75, 3.05) is 6.54 Å². The molecule has 0 aliphatic rings. The molecule has 0 atom stereocenters. The second-order valence-corrected chi connectivity index (χ2v) is 2.84. The molecule has 0 fully saturated rings. The van der Waals surface area contributed by atoms with E-state index in [-0.39, 0.29) is 1.43 Å². The molecule has 1 heteroatoms. The van der Waals surface area contributed by atoms with E-state index >= 15 is 0 Å². The summed E-state index contributed by atoms with van der Waals surface area (Å²) in [5.74, 6) is 0. The molecule has 9 heavy (non-hydrogen) atoms. The first kappa shape index (κ1) is 8.70. The molecule has 0 aromatic heterocycles. The van der Waals surface area contributed by atoms with Crippen LogP contribution in [0.5, 0.6) is 0 Å². The van der Waals surface area contributed by atoms with Crippen LogP contribution in [-0.2, 0) is 0 Å². The maximum absolute atomic E-state index is 3.30. The van der Waals surface area contributed by atoms with Crippen molar-refractivity contribution < 1.29 is 1.43 Å². The summed E-state index contributed by atoms with van der Waals surface area (Å²) >= 11 is 0. The average Bonchev–Trinajstić information content (AvgIpc) is 1.63. The first-order valence-corrected chi connectivity index (χ1v) is 3.49. The molecule has 0 aliphatic heterocycles. The van der Waals surface area contributed by atoms with Crippen LogP contribution in [0.1, 0.15) is 29.1 Å². The maximum atomic E-state index is 3.30. The van der Waals surface area contributed by atoms with E-state index in [1.807, 2.05) is 0 Å². The minimum Gasteiger partial charge on any atom is -0.311 e. The van der Waals surface area contributed by atoms with Crippen LogP contribution in [0.15, 0.2) is 11.6 Å². The van der Waals surface area contributed by atoms with Crippen molar-refractivity contribution in [2.24, 2.45) is 0 Å². The summed E-state index contributed by atoms with van der Waals surface area (Å²) in [6.07, 6.45) is 2.19. The van der Waals surface area contributed by atoms with Gasteiger partial charge in [0.15, 0.2) is 0 Å². The van der Waals surface area contributed by atoms with Gasteiger partial charge in [-0.15, -0.1) is 0 Å². The van der Waals surface area contributed by atoms with Crippen LogP contribution in [0, 0.1) is 0 Å². The Morgan fingerprint density at radius 1 is 1.56 bits per heavy atom. The van der Waals surface area contributed by atoms with Gasteiger partial charge in [-0.3, -0.25) is 0 Å². The lowest BCUT2D eigenvalue weighted by Crippen LogP contribution is -2.22. The van der Waals surface area contributed by atoms with Crippen molar-refractivity contribution in [3.8, 4) is 0 Å². The van der Waals surface area contributed by atoms with Crippen molar-refractivity contribution in [3.05, 3.63) is 11.6 Å². The van der Waals surface area contributed by atoms with E-state index in [1.54, 1.807) is 0 Å². The van der Waals surface area contributed by atoms with Crippen LogP contribution in [0.25, 0.3) is 0 Å². The second kappa shape index (κ2) is 4.57. The molecular formula is C8H19N. The number of allylic oxidation sites excluding steroid dienone is 1. The molecule has 0 spiro atoms. The summed E-state index contributed by atoms with van der Waals surface area (Å²) in [5.41, 5.74) is 1.38. The molecule has 0 rings (SSSR count). The van der Waals surface area contributed by atoms with E-state index in [1.165, 1.54) is 5.57 Å². The lowest BCUT2D eigenvalue weighted by atomic mass is 10.3. The molecule has 0 saturated heterocycles. The Bertz CT molecular complexity index is 93.4. The molecule has 0 amide bonds. The zero-order valence-electron chi connectivity index (χ0n) is 6.86. The van der Waals surface area contributed by atoms with Gasteiger partial charge in [0.25, 0.3) is 0 Å². The van der Waals surface area contributed by atoms with Gasteiger partial charge in [-0.1, -0.05) is 25.5 Å². The predicted molar refractivity (Wildman–Crippen MR) is 44.7 cm³/mol. The van der Waals surface area contributed by atoms with Gasteiger partial charge in [-0.2, -0.15) is 0 Å². The topological polar surface area (TPSA) is 12.0 Å². The fourth-order valence-corrected chi connectivity index (χ4v) is 0.499. The van der Waals surface area contributed by atoms with Gasteiger partial charge in [0, 0.05) is 14.0 Å². The van der Waals surface area contributed by atoms with E-state index in [2.05, 4.69) is 39.1 Å². The average molecular weight is 129 g/mol. The smallest absolute Gasteiger partial charge is 0.0139 e. The van der Waals surface area contributed by atoms with Crippen LogP contribution in [-0.4, -0.2) is 12.6 Å². The Labute approximate surface area is 59.6 Å².